The predicted molar refractivity (Wildman–Crippen MR) is 149 cm³/mol. The number of nitrogens with one attached hydrogen (secondary N) is 1. The molecule has 5 rings (SSSR count). The minimum absolute atomic E-state index is 0.0391. The number of H-pyrrole nitrogens is 1. The Kier molecular flexibility index (Phi) is 7.58. The number of fused-ring (bicyclic) bond motifs is 1. The molecule has 0 saturated carbocycles. The van der Waals surface area contributed by atoms with Gasteiger partial charge in [-0.3, -0.25) is 9.69 Å². The van der Waals surface area contributed by atoms with Crippen LogP contribution in [0, 0.1) is 13.8 Å². The third-order valence-corrected chi connectivity index (χ3v) is 7.85. The van der Waals surface area contributed by atoms with Crippen LogP contribution in [0.25, 0.3) is 10.9 Å². The minimum Gasteiger partial charge on any atom is -0.322 e. The lowest BCUT2D eigenvalue weighted by Gasteiger charge is -2.30. The highest BCUT2D eigenvalue weighted by molar-refractivity contribution is 7.09. The average Bonchev–Trinajstić information content (AvgIpc) is 3.58. The lowest BCUT2D eigenvalue weighted by atomic mass is 10.0. The van der Waals surface area contributed by atoms with E-state index < -0.39 is 0 Å². The lowest BCUT2D eigenvalue weighted by molar-refractivity contribution is 0.162. The summed E-state index contributed by atoms with van der Waals surface area (Å²) >= 11 is 1.72. The molecule has 8 heteroatoms. The first-order chi connectivity index (χ1) is 18.0. The number of hydrogen-bond donors (Lipinski definition) is 1. The molecule has 1 N–H and O–H groups in total. The van der Waals surface area contributed by atoms with Crippen molar-refractivity contribution >= 4 is 22.2 Å². The van der Waals surface area contributed by atoms with Gasteiger partial charge in [0.15, 0.2) is 5.82 Å². The highest BCUT2D eigenvalue weighted by Crippen LogP contribution is 2.28. The van der Waals surface area contributed by atoms with Crippen molar-refractivity contribution in [2.75, 3.05) is 0 Å². The number of nitrogens with zero attached hydrogens (tertiary/aromatic N) is 5. The largest absolute Gasteiger partial charge is 0.322 e. The van der Waals surface area contributed by atoms with Gasteiger partial charge in [0.2, 0.25) is 0 Å². The molecule has 0 saturated heterocycles. The Balaban J connectivity index is 1.47. The molecule has 0 amide bonds. The monoisotopic (exact) mass is 512 g/mol. The van der Waals surface area contributed by atoms with Gasteiger partial charge < -0.3 is 4.98 Å². The highest BCUT2D eigenvalue weighted by Gasteiger charge is 2.26. The standard InChI is InChI=1S/C29H32N6OS/c1-4-27(28-31-32-33-35(28)13-12-22-9-6-5-7-10-22)34(19-25-11-8-14-37-25)18-24-17-23-15-20(2)21(3)16-26(23)30-29(24)36/h5-11,14-17,27H,4,12-13,18-19H2,1-3H3,(H,30,36). The highest BCUT2D eigenvalue weighted by atomic mass is 32.1. The van der Waals surface area contributed by atoms with Crippen molar-refractivity contribution in [3.63, 3.8) is 0 Å². The van der Waals surface area contributed by atoms with E-state index in [4.69, 9.17) is 0 Å². The van der Waals surface area contributed by atoms with Crippen molar-refractivity contribution in [2.45, 2.75) is 59.3 Å². The Labute approximate surface area is 220 Å². The van der Waals surface area contributed by atoms with Gasteiger partial charge in [-0.2, -0.15) is 0 Å². The molecule has 0 fully saturated rings. The fourth-order valence-corrected chi connectivity index (χ4v) is 5.56. The number of benzene rings is 2. The predicted octanol–water partition coefficient (Wildman–Crippen LogP) is 5.59. The Morgan fingerprint density at radius 1 is 1.03 bits per heavy atom. The zero-order valence-electron chi connectivity index (χ0n) is 21.5. The normalized spacial score (nSPS) is 12.4. The summed E-state index contributed by atoms with van der Waals surface area (Å²) in [6.07, 6.45) is 1.67. The molecule has 0 aliphatic carbocycles. The zero-order valence-corrected chi connectivity index (χ0v) is 22.3. The second-order valence-electron chi connectivity index (χ2n) is 9.55. The molecule has 0 spiro atoms. The van der Waals surface area contributed by atoms with Gasteiger partial charge in [-0.25, -0.2) is 4.68 Å². The van der Waals surface area contributed by atoms with Gasteiger partial charge in [0.1, 0.15) is 0 Å². The fraction of sp³-hybridized carbons (Fsp3) is 0.310. The number of tetrazole rings is 1. The lowest BCUT2D eigenvalue weighted by Crippen LogP contribution is -2.32. The summed E-state index contributed by atoms with van der Waals surface area (Å²) in [6.45, 7) is 8.23. The summed E-state index contributed by atoms with van der Waals surface area (Å²) in [6, 6.07) is 20.8. The summed E-state index contributed by atoms with van der Waals surface area (Å²) in [5, 5.41) is 16.0. The number of aromatic nitrogens is 5. The number of aromatic amines is 1. The molecule has 3 heterocycles. The van der Waals surface area contributed by atoms with E-state index in [9.17, 15) is 4.79 Å². The molecule has 0 aliphatic rings. The van der Waals surface area contributed by atoms with E-state index >= 15 is 0 Å². The van der Waals surface area contributed by atoms with E-state index in [2.05, 4.69) is 100 Å². The first-order valence-electron chi connectivity index (χ1n) is 12.7. The van der Waals surface area contributed by atoms with Crippen LogP contribution in [0.4, 0.5) is 0 Å². The SMILES string of the molecule is CCC(c1nnnn1CCc1ccccc1)N(Cc1cccs1)Cc1cc2cc(C)c(C)cc2[nH]c1=O. The van der Waals surface area contributed by atoms with Crippen LogP contribution in [0.3, 0.4) is 0 Å². The third kappa shape index (κ3) is 5.70. The summed E-state index contributed by atoms with van der Waals surface area (Å²) < 4.78 is 1.92. The first kappa shape index (κ1) is 25.0. The minimum atomic E-state index is -0.0505. The van der Waals surface area contributed by atoms with E-state index in [1.165, 1.54) is 21.6 Å². The van der Waals surface area contributed by atoms with Gasteiger partial charge in [-0.05, 0) is 88.8 Å². The molecule has 1 atom stereocenters. The number of pyridine rings is 1. The van der Waals surface area contributed by atoms with Gasteiger partial charge >= 0.3 is 0 Å². The van der Waals surface area contributed by atoms with Crippen LogP contribution >= 0.6 is 11.3 Å². The molecule has 190 valence electrons. The van der Waals surface area contributed by atoms with E-state index in [0.717, 1.165) is 35.1 Å². The Morgan fingerprint density at radius 3 is 2.59 bits per heavy atom. The maximum Gasteiger partial charge on any atom is 0.252 e. The zero-order chi connectivity index (χ0) is 25.8. The quantitative estimate of drug-likeness (QED) is 0.264. The van der Waals surface area contributed by atoms with Crippen LogP contribution < -0.4 is 5.56 Å². The number of thiophene rings is 1. The van der Waals surface area contributed by atoms with Crippen molar-refractivity contribution < 1.29 is 0 Å². The molecule has 0 aliphatic heterocycles. The van der Waals surface area contributed by atoms with Crippen LogP contribution in [0.2, 0.25) is 0 Å². The summed E-state index contributed by atoms with van der Waals surface area (Å²) in [5.41, 5.74) is 5.20. The van der Waals surface area contributed by atoms with Crippen molar-refractivity contribution in [1.82, 2.24) is 30.1 Å². The van der Waals surface area contributed by atoms with Gasteiger partial charge in [0.05, 0.1) is 6.04 Å². The van der Waals surface area contributed by atoms with Gasteiger partial charge in [-0.15, -0.1) is 16.4 Å². The van der Waals surface area contributed by atoms with E-state index in [1.807, 2.05) is 16.8 Å². The van der Waals surface area contributed by atoms with Crippen LogP contribution in [-0.4, -0.2) is 30.1 Å². The number of rotatable bonds is 10. The second-order valence-corrected chi connectivity index (χ2v) is 10.6. The molecular formula is C29H32N6OS. The van der Waals surface area contributed by atoms with Crippen molar-refractivity contribution in [2.24, 2.45) is 0 Å². The number of aryl methyl sites for hydroxylation is 4. The Bertz CT molecular complexity index is 1520. The second kappa shape index (κ2) is 11.2. The molecule has 3 aromatic heterocycles. The van der Waals surface area contributed by atoms with Crippen LogP contribution in [0.1, 0.15) is 52.3 Å². The Hall–Kier alpha value is -3.62. The molecule has 37 heavy (non-hydrogen) atoms. The summed E-state index contributed by atoms with van der Waals surface area (Å²) in [4.78, 5) is 19.8. The molecule has 1 unspecified atom stereocenters. The molecule has 5 aromatic rings. The van der Waals surface area contributed by atoms with Gasteiger partial charge in [0, 0.05) is 35.6 Å². The molecule has 2 aromatic carbocycles. The van der Waals surface area contributed by atoms with Gasteiger partial charge in [0.25, 0.3) is 5.56 Å². The van der Waals surface area contributed by atoms with Gasteiger partial charge in [-0.1, -0.05) is 43.3 Å². The summed E-state index contributed by atoms with van der Waals surface area (Å²) in [5.74, 6) is 0.832. The van der Waals surface area contributed by atoms with Crippen molar-refractivity contribution in [3.05, 3.63) is 109 Å². The summed E-state index contributed by atoms with van der Waals surface area (Å²) in [7, 11) is 0. The molecule has 0 bridgehead atoms. The average molecular weight is 513 g/mol. The van der Waals surface area contributed by atoms with E-state index in [1.54, 1.807) is 11.3 Å². The maximum atomic E-state index is 13.2. The number of hydrogen-bond acceptors (Lipinski definition) is 6. The fourth-order valence-electron chi connectivity index (χ4n) is 4.83. The van der Waals surface area contributed by atoms with E-state index in [0.29, 0.717) is 19.6 Å². The smallest absolute Gasteiger partial charge is 0.252 e. The first-order valence-corrected chi connectivity index (χ1v) is 13.6. The van der Waals surface area contributed by atoms with Crippen molar-refractivity contribution in [3.8, 4) is 0 Å². The topological polar surface area (TPSA) is 79.7 Å². The molecule has 7 nitrogen and oxygen atoms in total. The maximum absolute atomic E-state index is 13.2. The third-order valence-electron chi connectivity index (χ3n) is 6.99. The van der Waals surface area contributed by atoms with Crippen LogP contribution in [0.5, 0.6) is 0 Å². The van der Waals surface area contributed by atoms with Crippen LogP contribution in [0.15, 0.2) is 70.8 Å². The molecular weight excluding hydrogens is 480 g/mol. The molecule has 0 radical (unpaired) electrons. The van der Waals surface area contributed by atoms with Crippen LogP contribution in [-0.2, 0) is 26.1 Å². The van der Waals surface area contributed by atoms with E-state index in [-0.39, 0.29) is 11.6 Å². The Morgan fingerprint density at radius 2 is 1.84 bits per heavy atom. The van der Waals surface area contributed by atoms with Crippen molar-refractivity contribution in [1.29, 1.82) is 0 Å².